The summed E-state index contributed by atoms with van der Waals surface area (Å²) in [6, 6.07) is 1.80. The van der Waals surface area contributed by atoms with Crippen molar-refractivity contribution in [2.45, 2.75) is 58.1 Å². The van der Waals surface area contributed by atoms with E-state index in [9.17, 15) is 5.11 Å². The van der Waals surface area contributed by atoms with Gasteiger partial charge in [0.2, 0.25) is 5.88 Å². The monoisotopic (exact) mass is 279 g/mol. The van der Waals surface area contributed by atoms with Crippen molar-refractivity contribution in [2.24, 2.45) is 5.92 Å². The highest BCUT2D eigenvalue weighted by Crippen LogP contribution is 2.34. The predicted octanol–water partition coefficient (Wildman–Crippen LogP) is 2.62. The molecule has 0 unspecified atom stereocenters. The largest absolute Gasteiger partial charge is 0.475 e. The summed E-state index contributed by atoms with van der Waals surface area (Å²) in [6.07, 6.45) is 5.78. The third-order valence-electron chi connectivity index (χ3n) is 3.93. The SMILES string of the molecule is CC1CCC(CO)(Nc2cc(OC(C)C)ncn2)CC1. The third-order valence-corrected chi connectivity index (χ3v) is 3.93. The van der Waals surface area contributed by atoms with E-state index in [4.69, 9.17) is 4.74 Å². The van der Waals surface area contributed by atoms with Gasteiger partial charge in [0.1, 0.15) is 12.1 Å². The summed E-state index contributed by atoms with van der Waals surface area (Å²) >= 11 is 0. The van der Waals surface area contributed by atoms with E-state index >= 15 is 0 Å². The molecule has 0 saturated heterocycles. The van der Waals surface area contributed by atoms with E-state index in [1.807, 2.05) is 13.8 Å². The van der Waals surface area contributed by atoms with Crippen molar-refractivity contribution < 1.29 is 9.84 Å². The molecule has 0 spiro atoms. The van der Waals surface area contributed by atoms with E-state index in [-0.39, 0.29) is 18.2 Å². The first-order chi connectivity index (χ1) is 9.53. The maximum absolute atomic E-state index is 9.77. The lowest BCUT2D eigenvalue weighted by Gasteiger charge is -2.39. The van der Waals surface area contributed by atoms with Crippen LogP contribution < -0.4 is 10.1 Å². The number of nitrogens with one attached hydrogen (secondary N) is 1. The molecule has 0 amide bonds. The second-order valence-electron chi connectivity index (χ2n) is 6.15. The molecule has 5 heteroatoms. The summed E-state index contributed by atoms with van der Waals surface area (Å²) in [5.74, 6) is 2.02. The van der Waals surface area contributed by atoms with Crippen molar-refractivity contribution in [3.8, 4) is 5.88 Å². The van der Waals surface area contributed by atoms with Crippen LogP contribution in [0.4, 0.5) is 5.82 Å². The quantitative estimate of drug-likeness (QED) is 0.867. The van der Waals surface area contributed by atoms with Crippen LogP contribution in [0.15, 0.2) is 12.4 Å². The van der Waals surface area contributed by atoms with Gasteiger partial charge in [0.25, 0.3) is 0 Å². The summed E-state index contributed by atoms with van der Waals surface area (Å²) < 4.78 is 5.57. The van der Waals surface area contributed by atoms with E-state index in [1.165, 1.54) is 6.33 Å². The smallest absolute Gasteiger partial charge is 0.218 e. The summed E-state index contributed by atoms with van der Waals surface area (Å²) in [7, 11) is 0. The molecule has 1 heterocycles. The highest BCUT2D eigenvalue weighted by Gasteiger charge is 2.33. The number of rotatable bonds is 5. The van der Waals surface area contributed by atoms with Gasteiger partial charge in [0.05, 0.1) is 18.2 Å². The Hall–Kier alpha value is -1.36. The zero-order chi connectivity index (χ0) is 14.6. The third kappa shape index (κ3) is 3.82. The molecule has 0 aliphatic heterocycles. The average molecular weight is 279 g/mol. The average Bonchev–Trinajstić information content (AvgIpc) is 2.41. The molecule has 5 nitrogen and oxygen atoms in total. The van der Waals surface area contributed by atoms with Gasteiger partial charge in [-0.25, -0.2) is 9.97 Å². The standard InChI is InChI=1S/C15H25N3O2/c1-11(2)20-14-8-13(16-10-17-14)18-15(9-19)6-4-12(3)5-7-15/h8,10-12,19H,4-7,9H2,1-3H3,(H,16,17,18). The van der Waals surface area contributed by atoms with Crippen LogP contribution in [0, 0.1) is 5.92 Å². The van der Waals surface area contributed by atoms with Gasteiger partial charge in [-0.05, 0) is 45.4 Å². The molecule has 0 atom stereocenters. The predicted molar refractivity (Wildman–Crippen MR) is 78.9 cm³/mol. The number of aromatic nitrogens is 2. The van der Waals surface area contributed by atoms with Crippen molar-refractivity contribution in [1.82, 2.24) is 9.97 Å². The van der Waals surface area contributed by atoms with Crippen molar-refractivity contribution in [3.05, 3.63) is 12.4 Å². The number of anilines is 1. The van der Waals surface area contributed by atoms with Crippen LogP contribution in [-0.2, 0) is 0 Å². The molecule has 1 saturated carbocycles. The van der Waals surface area contributed by atoms with E-state index in [0.717, 1.165) is 37.4 Å². The maximum atomic E-state index is 9.77. The molecule has 2 rings (SSSR count). The number of aliphatic hydroxyl groups is 1. The Balaban J connectivity index is 2.07. The fourth-order valence-corrected chi connectivity index (χ4v) is 2.62. The van der Waals surface area contributed by atoms with Crippen molar-refractivity contribution in [1.29, 1.82) is 0 Å². The molecule has 1 aliphatic rings. The fourth-order valence-electron chi connectivity index (χ4n) is 2.62. The van der Waals surface area contributed by atoms with Crippen molar-refractivity contribution in [2.75, 3.05) is 11.9 Å². The molecule has 2 N–H and O–H groups in total. The van der Waals surface area contributed by atoms with Crippen molar-refractivity contribution >= 4 is 5.82 Å². The van der Waals surface area contributed by atoms with Gasteiger partial charge in [-0.1, -0.05) is 6.92 Å². The minimum Gasteiger partial charge on any atom is -0.475 e. The molecule has 0 bridgehead atoms. The Morgan fingerprint density at radius 2 is 2.10 bits per heavy atom. The lowest BCUT2D eigenvalue weighted by atomic mass is 9.77. The fraction of sp³-hybridized carbons (Fsp3) is 0.733. The molecule has 0 radical (unpaired) electrons. The Morgan fingerprint density at radius 1 is 1.40 bits per heavy atom. The lowest BCUT2D eigenvalue weighted by Crippen LogP contribution is -2.45. The maximum Gasteiger partial charge on any atom is 0.218 e. The Morgan fingerprint density at radius 3 is 2.70 bits per heavy atom. The summed E-state index contributed by atoms with van der Waals surface area (Å²) in [5, 5.41) is 13.2. The normalized spacial score (nSPS) is 26.6. The molecule has 1 fully saturated rings. The van der Waals surface area contributed by atoms with Crippen LogP contribution in [0.5, 0.6) is 5.88 Å². The van der Waals surface area contributed by atoms with Crippen LogP contribution in [0.1, 0.15) is 46.5 Å². The van der Waals surface area contributed by atoms with Gasteiger partial charge < -0.3 is 15.2 Å². The number of ether oxygens (including phenoxy) is 1. The molecule has 1 aromatic heterocycles. The number of aliphatic hydroxyl groups excluding tert-OH is 1. The van der Waals surface area contributed by atoms with Crippen LogP contribution in [0.25, 0.3) is 0 Å². The Labute approximate surface area is 120 Å². The van der Waals surface area contributed by atoms with E-state index in [0.29, 0.717) is 5.88 Å². The second kappa shape index (κ2) is 6.39. The molecule has 112 valence electrons. The van der Waals surface area contributed by atoms with E-state index in [1.54, 1.807) is 6.07 Å². The molecule has 20 heavy (non-hydrogen) atoms. The summed E-state index contributed by atoms with van der Waals surface area (Å²) in [4.78, 5) is 8.34. The molecular weight excluding hydrogens is 254 g/mol. The highest BCUT2D eigenvalue weighted by molar-refractivity contribution is 5.40. The van der Waals surface area contributed by atoms with Crippen LogP contribution in [-0.4, -0.2) is 33.3 Å². The van der Waals surface area contributed by atoms with Crippen molar-refractivity contribution in [3.63, 3.8) is 0 Å². The molecular formula is C15H25N3O2. The van der Waals surface area contributed by atoms with Crippen LogP contribution >= 0.6 is 0 Å². The zero-order valence-corrected chi connectivity index (χ0v) is 12.6. The first kappa shape index (κ1) is 15.0. The molecule has 1 aromatic rings. The molecule has 1 aliphatic carbocycles. The Kier molecular flexibility index (Phi) is 4.81. The van der Waals surface area contributed by atoms with Gasteiger partial charge in [-0.2, -0.15) is 0 Å². The van der Waals surface area contributed by atoms with Crippen LogP contribution in [0.2, 0.25) is 0 Å². The lowest BCUT2D eigenvalue weighted by molar-refractivity contribution is 0.155. The minimum absolute atomic E-state index is 0.0834. The minimum atomic E-state index is -0.254. The topological polar surface area (TPSA) is 67.3 Å². The number of hydrogen-bond acceptors (Lipinski definition) is 5. The second-order valence-corrected chi connectivity index (χ2v) is 6.15. The summed E-state index contributed by atoms with van der Waals surface area (Å²) in [5.41, 5.74) is -0.254. The van der Waals surface area contributed by atoms with Gasteiger partial charge in [-0.3, -0.25) is 0 Å². The number of hydrogen-bond donors (Lipinski definition) is 2. The van der Waals surface area contributed by atoms with Gasteiger partial charge >= 0.3 is 0 Å². The van der Waals surface area contributed by atoms with E-state index < -0.39 is 0 Å². The molecule has 0 aromatic carbocycles. The van der Waals surface area contributed by atoms with Gasteiger partial charge in [0.15, 0.2) is 0 Å². The van der Waals surface area contributed by atoms with Crippen LogP contribution in [0.3, 0.4) is 0 Å². The van der Waals surface area contributed by atoms with E-state index in [2.05, 4.69) is 22.2 Å². The highest BCUT2D eigenvalue weighted by atomic mass is 16.5. The summed E-state index contributed by atoms with van der Waals surface area (Å²) in [6.45, 7) is 6.32. The Bertz CT molecular complexity index is 429. The van der Waals surface area contributed by atoms with Gasteiger partial charge in [0, 0.05) is 6.07 Å². The number of nitrogens with zero attached hydrogens (tertiary/aromatic N) is 2. The first-order valence-electron chi connectivity index (χ1n) is 7.41. The zero-order valence-electron chi connectivity index (χ0n) is 12.6. The first-order valence-corrected chi connectivity index (χ1v) is 7.41. The van der Waals surface area contributed by atoms with Gasteiger partial charge in [-0.15, -0.1) is 0 Å².